The molecule has 32 heavy (non-hydrogen) atoms. The first-order valence-electron chi connectivity index (χ1n) is 9.12. The van der Waals surface area contributed by atoms with Crippen molar-refractivity contribution in [3.8, 4) is 11.8 Å². The Labute approximate surface area is 200 Å². The van der Waals surface area contributed by atoms with Gasteiger partial charge >= 0.3 is 6.03 Å². The van der Waals surface area contributed by atoms with Crippen molar-refractivity contribution in [3.63, 3.8) is 0 Å². The number of hydrogen-bond donors (Lipinski definition) is 3. The van der Waals surface area contributed by atoms with Crippen molar-refractivity contribution >= 4 is 49.3 Å². The van der Waals surface area contributed by atoms with E-state index in [9.17, 15) is 22.4 Å². The van der Waals surface area contributed by atoms with Crippen LogP contribution in [0.3, 0.4) is 0 Å². The topological polar surface area (TPSA) is 67.2 Å². The zero-order chi connectivity index (χ0) is 23.0. The summed E-state index contributed by atoms with van der Waals surface area (Å²) in [4.78, 5) is 11.8. The largest absolute Gasteiger partial charge is 0.399 e. The molecule has 0 aromatic heterocycles. The number of benzene rings is 2. The second-order valence-corrected chi connectivity index (χ2v) is 8.96. The number of anilines is 2. The number of alkyl halides is 2. The Bertz CT molecular complexity index is 1090. The molecule has 10 heteroatoms. The molecular formula is C22H21Br2F4N3O. The second-order valence-electron chi connectivity index (χ2n) is 7.25. The average molecular weight is 579 g/mol. The molecule has 4 nitrogen and oxygen atoms in total. The van der Waals surface area contributed by atoms with Crippen LogP contribution in [0.1, 0.15) is 32.8 Å². The van der Waals surface area contributed by atoms with Crippen molar-refractivity contribution in [1.82, 2.24) is 5.32 Å². The molecule has 172 valence electrons. The van der Waals surface area contributed by atoms with E-state index in [0.717, 1.165) is 18.9 Å². The zero-order valence-electron chi connectivity index (χ0n) is 16.1. The van der Waals surface area contributed by atoms with Crippen LogP contribution in [0.15, 0.2) is 39.3 Å². The summed E-state index contributed by atoms with van der Waals surface area (Å²) in [6.07, 6.45) is 1.71. The fraction of sp³-hybridized carbons (Fsp3) is 0.318. The van der Waals surface area contributed by atoms with Crippen LogP contribution in [0.4, 0.5) is 33.7 Å². The third-order valence-corrected chi connectivity index (χ3v) is 5.87. The van der Waals surface area contributed by atoms with Crippen LogP contribution >= 0.6 is 31.9 Å². The number of carbonyl (C=O) groups excluding carboxylic acids is 1. The second kappa shape index (κ2) is 9.71. The first-order chi connectivity index (χ1) is 14.4. The van der Waals surface area contributed by atoms with E-state index in [1.165, 1.54) is 24.3 Å². The molecule has 1 heterocycles. The number of rotatable bonds is 1. The van der Waals surface area contributed by atoms with Crippen LogP contribution in [0.2, 0.25) is 0 Å². The summed E-state index contributed by atoms with van der Waals surface area (Å²) in [7, 11) is 0. The molecule has 1 aliphatic heterocycles. The van der Waals surface area contributed by atoms with E-state index >= 15 is 0 Å². The standard InChI is InChI=1S/C15H12BrF3N2O.C6H5BrFN.CH4/c1-14(18,19)15(5-4-8-2-3-8)9-6-11(17)10(16)7-12(9)20-13(22)21-15;7-5-3-4(9)1-2-6(5)8;/h6-8H,2-3H2,1H3,(H2,20,21,22);1-3H,9H2;1H4. The van der Waals surface area contributed by atoms with E-state index < -0.39 is 23.3 Å². The Morgan fingerprint density at radius 1 is 1.12 bits per heavy atom. The first kappa shape index (κ1) is 26.0. The van der Waals surface area contributed by atoms with Crippen molar-refractivity contribution in [2.45, 2.75) is 38.7 Å². The van der Waals surface area contributed by atoms with Gasteiger partial charge in [0.15, 0.2) is 5.54 Å². The molecule has 0 radical (unpaired) electrons. The van der Waals surface area contributed by atoms with Crippen LogP contribution in [-0.2, 0) is 5.54 Å². The lowest BCUT2D eigenvalue weighted by molar-refractivity contribution is -0.0465. The lowest BCUT2D eigenvalue weighted by Crippen LogP contribution is -2.59. The van der Waals surface area contributed by atoms with Gasteiger partial charge in [0.25, 0.3) is 5.92 Å². The Morgan fingerprint density at radius 2 is 1.75 bits per heavy atom. The maximum Gasteiger partial charge on any atom is 0.320 e. The molecule has 0 spiro atoms. The molecule has 1 unspecified atom stereocenters. The highest BCUT2D eigenvalue weighted by molar-refractivity contribution is 9.10. The number of fused-ring (bicyclic) bond motifs is 1. The fourth-order valence-corrected chi connectivity index (χ4v) is 3.60. The number of amides is 2. The van der Waals surface area contributed by atoms with E-state index in [0.29, 0.717) is 17.1 Å². The molecule has 1 fully saturated rings. The molecule has 2 aliphatic rings. The monoisotopic (exact) mass is 577 g/mol. The van der Waals surface area contributed by atoms with Gasteiger partial charge in [-0.1, -0.05) is 19.3 Å². The Kier molecular flexibility index (Phi) is 7.89. The minimum Gasteiger partial charge on any atom is -0.399 e. The Morgan fingerprint density at radius 3 is 2.28 bits per heavy atom. The molecule has 2 amide bonds. The highest BCUT2D eigenvalue weighted by atomic mass is 79.9. The average Bonchev–Trinajstić information content (AvgIpc) is 3.48. The highest BCUT2D eigenvalue weighted by Gasteiger charge is 2.55. The van der Waals surface area contributed by atoms with E-state index in [-0.39, 0.29) is 34.9 Å². The molecule has 2 aromatic carbocycles. The van der Waals surface area contributed by atoms with Crippen molar-refractivity contribution in [3.05, 3.63) is 56.5 Å². The van der Waals surface area contributed by atoms with Crippen molar-refractivity contribution in [2.75, 3.05) is 11.1 Å². The SMILES string of the molecule is C.CC(F)(F)C1(C#CC2CC2)NC(=O)Nc2cc(Br)c(F)cc21.Nc1ccc(F)c(Br)c1. The molecule has 2 aromatic rings. The molecule has 0 saturated heterocycles. The number of carbonyl (C=O) groups is 1. The minimum absolute atomic E-state index is 0. The summed E-state index contributed by atoms with van der Waals surface area (Å²) in [6.45, 7) is 0.671. The van der Waals surface area contributed by atoms with E-state index in [1.807, 2.05) is 0 Å². The highest BCUT2D eigenvalue weighted by Crippen LogP contribution is 2.44. The smallest absolute Gasteiger partial charge is 0.320 e. The van der Waals surface area contributed by atoms with Crippen LogP contribution in [0.5, 0.6) is 0 Å². The van der Waals surface area contributed by atoms with Gasteiger partial charge < -0.3 is 16.4 Å². The Balaban J connectivity index is 0.000000307. The lowest BCUT2D eigenvalue weighted by Gasteiger charge is -2.39. The molecule has 4 rings (SSSR count). The van der Waals surface area contributed by atoms with E-state index in [1.54, 1.807) is 0 Å². The van der Waals surface area contributed by atoms with E-state index in [2.05, 4.69) is 54.3 Å². The molecule has 1 atom stereocenters. The number of urea groups is 1. The fourth-order valence-electron chi connectivity index (χ4n) is 2.86. The third-order valence-electron chi connectivity index (χ3n) is 4.66. The van der Waals surface area contributed by atoms with Gasteiger partial charge in [0.2, 0.25) is 0 Å². The van der Waals surface area contributed by atoms with Gasteiger partial charge in [-0.15, -0.1) is 0 Å². The maximum atomic E-state index is 14.3. The van der Waals surface area contributed by atoms with Gasteiger partial charge in [-0.25, -0.2) is 22.4 Å². The maximum absolute atomic E-state index is 14.3. The van der Waals surface area contributed by atoms with Crippen molar-refractivity contribution in [2.24, 2.45) is 5.92 Å². The number of nitrogen functional groups attached to an aromatic ring is 1. The van der Waals surface area contributed by atoms with Crippen LogP contribution < -0.4 is 16.4 Å². The molecule has 1 aliphatic carbocycles. The first-order valence-corrected chi connectivity index (χ1v) is 10.7. The van der Waals surface area contributed by atoms with Gasteiger partial charge in [0, 0.05) is 24.1 Å². The van der Waals surface area contributed by atoms with Crippen molar-refractivity contribution < 1.29 is 22.4 Å². The quantitative estimate of drug-likeness (QED) is 0.198. The van der Waals surface area contributed by atoms with Gasteiger partial charge in [-0.2, -0.15) is 0 Å². The predicted molar refractivity (Wildman–Crippen MR) is 124 cm³/mol. The molecule has 0 bridgehead atoms. The predicted octanol–water partition coefficient (Wildman–Crippen LogP) is 6.79. The van der Waals surface area contributed by atoms with Crippen molar-refractivity contribution in [1.29, 1.82) is 0 Å². The lowest BCUT2D eigenvalue weighted by atomic mass is 9.82. The molecule has 4 N–H and O–H groups in total. The number of halogens is 6. The zero-order valence-corrected chi connectivity index (χ0v) is 19.3. The summed E-state index contributed by atoms with van der Waals surface area (Å²) < 4.78 is 55.4. The molecule has 1 saturated carbocycles. The number of nitrogens with two attached hydrogens (primary N) is 1. The summed E-state index contributed by atoms with van der Waals surface area (Å²) in [5.41, 5.74) is 3.69. The van der Waals surface area contributed by atoms with Crippen LogP contribution in [0, 0.1) is 29.4 Å². The summed E-state index contributed by atoms with van der Waals surface area (Å²) >= 11 is 5.98. The summed E-state index contributed by atoms with van der Waals surface area (Å²) in [6, 6.07) is 5.81. The number of nitrogens with one attached hydrogen (secondary N) is 2. The summed E-state index contributed by atoms with van der Waals surface area (Å²) in [5, 5.41) is 4.61. The van der Waals surface area contributed by atoms with Crippen LogP contribution in [0.25, 0.3) is 0 Å². The summed E-state index contributed by atoms with van der Waals surface area (Å²) in [5.74, 6) is 0.973. The third kappa shape index (κ3) is 5.56. The van der Waals surface area contributed by atoms with Gasteiger partial charge in [0.1, 0.15) is 11.6 Å². The normalized spacial score (nSPS) is 19.0. The van der Waals surface area contributed by atoms with Gasteiger partial charge in [-0.05, 0) is 75.0 Å². The number of hydrogen-bond acceptors (Lipinski definition) is 2. The minimum atomic E-state index is -3.39. The van der Waals surface area contributed by atoms with Gasteiger partial charge in [0.05, 0.1) is 14.6 Å². The van der Waals surface area contributed by atoms with Crippen LogP contribution in [-0.4, -0.2) is 12.0 Å². The van der Waals surface area contributed by atoms with E-state index in [4.69, 9.17) is 5.73 Å². The molecular weight excluding hydrogens is 558 g/mol. The van der Waals surface area contributed by atoms with Gasteiger partial charge in [-0.3, -0.25) is 0 Å². The Hall–Kier alpha value is -2.25.